The molecule has 0 amide bonds. The summed E-state index contributed by atoms with van der Waals surface area (Å²) in [7, 11) is 0. The van der Waals surface area contributed by atoms with E-state index in [0.29, 0.717) is 0 Å². The Hall–Kier alpha value is -0.280. The van der Waals surface area contributed by atoms with E-state index in [2.05, 4.69) is 0 Å². The second kappa shape index (κ2) is 83.9. The van der Waals surface area contributed by atoms with Crippen LogP contribution in [0.1, 0.15) is 190 Å². The van der Waals surface area contributed by atoms with Gasteiger partial charge in [0.05, 0.1) is 0 Å². The minimum atomic E-state index is 0.250. The molecule has 0 atom stereocenters. The normalized spacial score (nSPS) is 15.2. The summed E-state index contributed by atoms with van der Waals surface area (Å²) < 4.78 is 0. The Morgan fingerprint density at radius 3 is 0.233 bits per heavy atom. The number of hydrogen-bond acceptors (Lipinski definition) is 7. The summed E-state index contributed by atoms with van der Waals surface area (Å²) in [6.07, 6.45) is 33.0. The Labute approximate surface area is 271 Å². The molecule has 1 fully saturated rings. The van der Waals surface area contributed by atoms with Crippen molar-refractivity contribution in [1.82, 2.24) is 0 Å². The van der Waals surface area contributed by atoms with E-state index in [1.165, 1.54) is 141 Å². The number of hydrogen-bond donors (Lipinski definition) is 7. The molecule has 0 saturated heterocycles. The van der Waals surface area contributed by atoms with Gasteiger partial charge in [-0.15, -0.1) is 0 Å². The van der Waals surface area contributed by atoms with Crippen LogP contribution in [0.2, 0.25) is 0 Å². The summed E-state index contributed by atoms with van der Waals surface area (Å²) >= 11 is 0. The fourth-order valence-corrected chi connectivity index (χ4v) is 3.89. The highest BCUT2D eigenvalue weighted by atomic mass is 16.3. The Kier molecular flexibility index (Phi) is 114. The summed E-state index contributed by atoms with van der Waals surface area (Å²) in [6, 6.07) is 0. The largest absolute Gasteiger partial charge is 0.397 e. The molecule has 1 rings (SSSR count). The van der Waals surface area contributed by atoms with Gasteiger partial charge in [0.1, 0.15) is 0 Å². The van der Waals surface area contributed by atoms with Crippen LogP contribution >= 0.6 is 0 Å². The monoisotopic (exact) mass is 631 g/mol. The minimum Gasteiger partial charge on any atom is -0.397 e. The van der Waals surface area contributed by atoms with Crippen molar-refractivity contribution in [2.75, 3.05) is 46.2 Å². The van der Waals surface area contributed by atoms with Crippen LogP contribution in [0.15, 0.2) is 0 Å². The first-order chi connectivity index (χ1) is 20.9. The van der Waals surface area contributed by atoms with Gasteiger partial charge in [-0.05, 0) is 48.5 Å². The van der Waals surface area contributed by atoms with Gasteiger partial charge in [-0.3, -0.25) is 0 Å². The number of aliphatic hydroxyl groups excluding tert-OH is 7. The third-order valence-corrected chi connectivity index (χ3v) is 5.50. The van der Waals surface area contributed by atoms with Crippen LogP contribution in [0.25, 0.3) is 0 Å². The van der Waals surface area contributed by atoms with Gasteiger partial charge in [0.15, 0.2) is 0 Å². The SMILES string of the molecule is C1CCCCCCCCCCCCCCCCCCCCC1.CCO.CCO.CCO.CCO.CCO.CCO.CCO. The lowest BCUT2D eigenvalue weighted by Gasteiger charge is -2.05. The van der Waals surface area contributed by atoms with Crippen molar-refractivity contribution in [3.8, 4) is 0 Å². The van der Waals surface area contributed by atoms with Crippen molar-refractivity contribution in [3.05, 3.63) is 0 Å². The van der Waals surface area contributed by atoms with Gasteiger partial charge >= 0.3 is 0 Å². The van der Waals surface area contributed by atoms with Crippen LogP contribution in [0, 0.1) is 0 Å². The van der Waals surface area contributed by atoms with E-state index in [0.717, 1.165) is 0 Å². The van der Waals surface area contributed by atoms with Gasteiger partial charge in [-0.25, -0.2) is 0 Å². The molecular formula is C36H86O7. The smallest absolute Gasteiger partial charge is 0.0402 e. The molecule has 0 aromatic rings. The summed E-state index contributed by atoms with van der Waals surface area (Å²) in [5, 5.41) is 53.0. The zero-order valence-corrected chi connectivity index (χ0v) is 30.6. The molecule has 0 radical (unpaired) electrons. The molecule has 0 unspecified atom stereocenters. The lowest BCUT2D eigenvalue weighted by Crippen LogP contribution is -1.85. The fourth-order valence-electron chi connectivity index (χ4n) is 3.89. The maximum absolute atomic E-state index is 7.57. The van der Waals surface area contributed by atoms with E-state index < -0.39 is 0 Å². The van der Waals surface area contributed by atoms with E-state index in [1.807, 2.05) is 0 Å². The topological polar surface area (TPSA) is 142 Å². The molecule has 7 N–H and O–H groups in total. The second-order valence-electron chi connectivity index (χ2n) is 9.99. The Morgan fingerprint density at radius 1 is 0.186 bits per heavy atom. The van der Waals surface area contributed by atoms with Gasteiger partial charge in [0, 0.05) is 46.2 Å². The average molecular weight is 631 g/mol. The quantitative estimate of drug-likeness (QED) is 0.142. The third kappa shape index (κ3) is 140. The number of aliphatic hydroxyl groups is 7. The lowest BCUT2D eigenvalue weighted by molar-refractivity contribution is 0.318. The first kappa shape index (κ1) is 58.3. The van der Waals surface area contributed by atoms with Crippen LogP contribution in [-0.2, 0) is 0 Å². The summed E-state index contributed by atoms with van der Waals surface area (Å²) in [6.45, 7) is 13.5. The predicted octanol–water partition coefficient (Wildman–Crippen LogP) is 8.57. The molecular weight excluding hydrogens is 544 g/mol. The molecule has 0 aromatic carbocycles. The van der Waals surface area contributed by atoms with Gasteiger partial charge < -0.3 is 35.7 Å². The molecule has 7 heteroatoms. The van der Waals surface area contributed by atoms with Crippen LogP contribution in [-0.4, -0.2) is 82.0 Å². The first-order valence-electron chi connectivity index (χ1n) is 18.2. The van der Waals surface area contributed by atoms with E-state index in [4.69, 9.17) is 35.7 Å². The molecule has 0 bridgehead atoms. The van der Waals surface area contributed by atoms with Crippen LogP contribution in [0.4, 0.5) is 0 Å². The van der Waals surface area contributed by atoms with Crippen LogP contribution in [0.5, 0.6) is 0 Å². The van der Waals surface area contributed by atoms with E-state index in [-0.39, 0.29) is 46.2 Å². The van der Waals surface area contributed by atoms with Crippen LogP contribution in [0.3, 0.4) is 0 Å². The zero-order chi connectivity index (χ0) is 34.5. The molecule has 272 valence electrons. The lowest BCUT2D eigenvalue weighted by atomic mass is 10.0. The fraction of sp³-hybridized carbons (Fsp3) is 1.00. The van der Waals surface area contributed by atoms with Crippen molar-refractivity contribution in [1.29, 1.82) is 0 Å². The van der Waals surface area contributed by atoms with Crippen molar-refractivity contribution >= 4 is 0 Å². The van der Waals surface area contributed by atoms with Crippen molar-refractivity contribution in [2.24, 2.45) is 0 Å². The molecule has 1 aliphatic carbocycles. The van der Waals surface area contributed by atoms with E-state index in [9.17, 15) is 0 Å². The van der Waals surface area contributed by atoms with Gasteiger partial charge in [-0.1, -0.05) is 141 Å². The Bertz CT molecular complexity index is 192. The Balaban J connectivity index is -0.000000101. The zero-order valence-electron chi connectivity index (χ0n) is 30.6. The first-order valence-corrected chi connectivity index (χ1v) is 18.2. The van der Waals surface area contributed by atoms with Crippen molar-refractivity contribution < 1.29 is 35.7 Å². The summed E-state index contributed by atoms with van der Waals surface area (Å²) in [5.41, 5.74) is 0. The van der Waals surface area contributed by atoms with Crippen LogP contribution < -0.4 is 0 Å². The molecule has 0 heterocycles. The average Bonchev–Trinajstić information content (AvgIpc) is 2.95. The van der Waals surface area contributed by atoms with E-state index >= 15 is 0 Å². The van der Waals surface area contributed by atoms with Gasteiger partial charge in [-0.2, -0.15) is 0 Å². The predicted molar refractivity (Wildman–Crippen MR) is 191 cm³/mol. The highest BCUT2D eigenvalue weighted by Crippen LogP contribution is 2.16. The summed E-state index contributed by atoms with van der Waals surface area (Å²) in [4.78, 5) is 0. The number of rotatable bonds is 0. The minimum absolute atomic E-state index is 0.250. The molecule has 0 aromatic heterocycles. The van der Waals surface area contributed by atoms with Crippen molar-refractivity contribution in [2.45, 2.75) is 190 Å². The molecule has 1 aliphatic rings. The highest BCUT2D eigenvalue weighted by Gasteiger charge is 1.97. The molecule has 43 heavy (non-hydrogen) atoms. The highest BCUT2D eigenvalue weighted by molar-refractivity contribution is 4.52. The Morgan fingerprint density at radius 2 is 0.209 bits per heavy atom. The van der Waals surface area contributed by atoms with Crippen molar-refractivity contribution in [3.63, 3.8) is 0 Å². The maximum atomic E-state index is 7.57. The molecule has 0 spiro atoms. The van der Waals surface area contributed by atoms with Gasteiger partial charge in [0.2, 0.25) is 0 Å². The standard InChI is InChI=1S/C22H44.7C2H6O/c1-2-4-6-8-10-12-14-16-18-20-22-21-19-17-15-13-11-9-7-5-3-1;7*1-2-3/h1-22H2;7*3H,2H2,1H3. The van der Waals surface area contributed by atoms with Gasteiger partial charge in [0.25, 0.3) is 0 Å². The summed E-state index contributed by atoms with van der Waals surface area (Å²) in [5.74, 6) is 0. The third-order valence-electron chi connectivity index (χ3n) is 5.50. The molecule has 0 aliphatic heterocycles. The molecule has 7 nitrogen and oxygen atoms in total. The van der Waals surface area contributed by atoms with E-state index in [1.54, 1.807) is 48.5 Å². The maximum Gasteiger partial charge on any atom is 0.0402 e. The second-order valence-corrected chi connectivity index (χ2v) is 9.99. The molecule has 1 saturated carbocycles.